The predicted octanol–water partition coefficient (Wildman–Crippen LogP) is 0.541. The van der Waals surface area contributed by atoms with Gasteiger partial charge in [-0.2, -0.15) is 0 Å². The predicted molar refractivity (Wildman–Crippen MR) is 42.4 cm³/mol. The van der Waals surface area contributed by atoms with Crippen molar-refractivity contribution in [2.45, 2.75) is 31.4 Å². The molecule has 1 aliphatic heterocycles. The first-order valence-electron chi connectivity index (χ1n) is 3.79. The minimum atomic E-state index is -0.0440. The molecule has 2 aliphatic rings. The summed E-state index contributed by atoms with van der Waals surface area (Å²) in [6.07, 6.45) is 3.78. The van der Waals surface area contributed by atoms with Gasteiger partial charge in [0, 0.05) is 18.5 Å². The van der Waals surface area contributed by atoms with E-state index in [1.54, 1.807) is 0 Å². The van der Waals surface area contributed by atoms with Crippen LogP contribution in [-0.2, 0) is 0 Å². The lowest BCUT2D eigenvalue weighted by Gasteiger charge is -2.09. The van der Waals surface area contributed by atoms with Gasteiger partial charge in [-0.3, -0.25) is 0 Å². The zero-order chi connectivity index (χ0) is 6.27. The number of rotatable bonds is 0. The molecular formula is C7H14ClNO. The highest BCUT2D eigenvalue weighted by Crippen LogP contribution is 2.31. The monoisotopic (exact) mass is 163 g/mol. The van der Waals surface area contributed by atoms with Crippen LogP contribution in [0, 0.1) is 5.92 Å². The molecule has 3 heteroatoms. The normalized spacial score (nSPS) is 44.7. The van der Waals surface area contributed by atoms with Crippen LogP contribution in [0.4, 0.5) is 0 Å². The van der Waals surface area contributed by atoms with E-state index >= 15 is 0 Å². The van der Waals surface area contributed by atoms with Crippen LogP contribution < -0.4 is 5.32 Å². The summed E-state index contributed by atoms with van der Waals surface area (Å²) >= 11 is 0. The fourth-order valence-corrected chi connectivity index (χ4v) is 2.13. The second-order valence-corrected chi connectivity index (χ2v) is 3.18. The lowest BCUT2D eigenvalue weighted by atomic mass is 10.0. The molecule has 0 amide bonds. The maximum absolute atomic E-state index is 9.34. The smallest absolute Gasteiger partial charge is 0.0707 e. The standard InChI is InChI=1S/C7H13NO.ClH/c9-7-4-8-6-3-1-2-5(6)7;/h5-9H,1-4H2;1H/t5-,6+,7+;/m0./s1. The average molecular weight is 164 g/mol. The lowest BCUT2D eigenvalue weighted by Crippen LogP contribution is -2.21. The quantitative estimate of drug-likeness (QED) is 0.547. The molecule has 60 valence electrons. The van der Waals surface area contributed by atoms with Crippen LogP contribution in [0.3, 0.4) is 0 Å². The van der Waals surface area contributed by atoms with Gasteiger partial charge >= 0.3 is 0 Å². The van der Waals surface area contributed by atoms with Gasteiger partial charge in [-0.05, 0) is 12.8 Å². The Bertz CT molecular complexity index is 120. The number of fused-ring (bicyclic) bond motifs is 1. The van der Waals surface area contributed by atoms with Gasteiger partial charge < -0.3 is 10.4 Å². The molecule has 0 aromatic rings. The van der Waals surface area contributed by atoms with Crippen molar-refractivity contribution < 1.29 is 5.11 Å². The van der Waals surface area contributed by atoms with E-state index in [9.17, 15) is 5.11 Å². The van der Waals surface area contributed by atoms with Crippen LogP contribution in [0.5, 0.6) is 0 Å². The molecule has 2 N–H and O–H groups in total. The second kappa shape index (κ2) is 3.07. The number of aliphatic hydroxyl groups excluding tert-OH is 1. The minimum Gasteiger partial charge on any atom is -0.391 e. The Morgan fingerprint density at radius 2 is 2.10 bits per heavy atom. The van der Waals surface area contributed by atoms with Gasteiger partial charge in [0.25, 0.3) is 0 Å². The first-order chi connectivity index (χ1) is 4.38. The zero-order valence-electron chi connectivity index (χ0n) is 5.92. The SMILES string of the molecule is Cl.O[C@@H]1CN[C@@H]2CCC[C@H]12. The van der Waals surface area contributed by atoms with Crippen molar-refractivity contribution in [3.05, 3.63) is 0 Å². The number of hydrogen-bond acceptors (Lipinski definition) is 2. The summed E-state index contributed by atoms with van der Waals surface area (Å²) in [5.41, 5.74) is 0. The number of hydrogen-bond donors (Lipinski definition) is 2. The van der Waals surface area contributed by atoms with Crippen LogP contribution in [0.25, 0.3) is 0 Å². The Hall–Kier alpha value is 0.210. The van der Waals surface area contributed by atoms with Crippen molar-refractivity contribution in [1.29, 1.82) is 0 Å². The molecule has 3 atom stereocenters. The molecule has 1 aliphatic carbocycles. The summed E-state index contributed by atoms with van der Waals surface area (Å²) in [6.45, 7) is 0.829. The average Bonchev–Trinajstić information content (AvgIpc) is 2.35. The molecule has 2 fully saturated rings. The third-order valence-corrected chi connectivity index (χ3v) is 2.65. The Labute approximate surface area is 67.4 Å². The number of halogens is 1. The van der Waals surface area contributed by atoms with E-state index in [2.05, 4.69) is 5.32 Å². The van der Waals surface area contributed by atoms with Crippen molar-refractivity contribution in [1.82, 2.24) is 5.32 Å². The highest BCUT2D eigenvalue weighted by Gasteiger charge is 2.37. The molecule has 0 radical (unpaired) electrons. The summed E-state index contributed by atoms with van der Waals surface area (Å²) in [5, 5.41) is 12.7. The summed E-state index contributed by atoms with van der Waals surface area (Å²) in [4.78, 5) is 0. The van der Waals surface area contributed by atoms with Gasteiger partial charge in [-0.25, -0.2) is 0 Å². The van der Waals surface area contributed by atoms with E-state index in [1.807, 2.05) is 0 Å². The summed E-state index contributed by atoms with van der Waals surface area (Å²) < 4.78 is 0. The fraction of sp³-hybridized carbons (Fsp3) is 1.00. The second-order valence-electron chi connectivity index (χ2n) is 3.18. The van der Waals surface area contributed by atoms with Crippen molar-refractivity contribution in [2.24, 2.45) is 5.92 Å². The third kappa shape index (κ3) is 1.16. The van der Waals surface area contributed by atoms with E-state index in [1.165, 1.54) is 19.3 Å². The first kappa shape index (κ1) is 8.31. The van der Waals surface area contributed by atoms with Gasteiger partial charge in [-0.1, -0.05) is 6.42 Å². The zero-order valence-corrected chi connectivity index (χ0v) is 6.73. The van der Waals surface area contributed by atoms with Gasteiger partial charge in [0.1, 0.15) is 0 Å². The Kier molecular flexibility index (Phi) is 2.55. The molecule has 1 heterocycles. The first-order valence-corrected chi connectivity index (χ1v) is 3.79. The molecule has 0 spiro atoms. The highest BCUT2D eigenvalue weighted by atomic mass is 35.5. The highest BCUT2D eigenvalue weighted by molar-refractivity contribution is 5.85. The molecule has 2 rings (SSSR count). The summed E-state index contributed by atoms with van der Waals surface area (Å²) in [5.74, 6) is 0.588. The maximum Gasteiger partial charge on any atom is 0.0707 e. The minimum absolute atomic E-state index is 0. The lowest BCUT2D eigenvalue weighted by molar-refractivity contribution is 0.144. The molecule has 10 heavy (non-hydrogen) atoms. The molecule has 2 nitrogen and oxygen atoms in total. The Morgan fingerprint density at radius 3 is 2.80 bits per heavy atom. The van der Waals surface area contributed by atoms with Crippen LogP contribution >= 0.6 is 12.4 Å². The molecule has 1 saturated carbocycles. The van der Waals surface area contributed by atoms with Gasteiger partial charge in [0.2, 0.25) is 0 Å². The van der Waals surface area contributed by atoms with Crippen molar-refractivity contribution in [3.8, 4) is 0 Å². The van der Waals surface area contributed by atoms with Crippen LogP contribution in [0.15, 0.2) is 0 Å². The van der Waals surface area contributed by atoms with Crippen molar-refractivity contribution in [3.63, 3.8) is 0 Å². The topological polar surface area (TPSA) is 32.3 Å². The van der Waals surface area contributed by atoms with Crippen molar-refractivity contribution >= 4 is 12.4 Å². The van der Waals surface area contributed by atoms with Gasteiger partial charge in [-0.15, -0.1) is 12.4 Å². The number of aliphatic hydroxyl groups is 1. The number of nitrogens with one attached hydrogen (secondary N) is 1. The van der Waals surface area contributed by atoms with Crippen molar-refractivity contribution in [2.75, 3.05) is 6.54 Å². The third-order valence-electron chi connectivity index (χ3n) is 2.65. The molecule has 0 unspecified atom stereocenters. The Morgan fingerprint density at radius 1 is 1.30 bits per heavy atom. The molecule has 1 saturated heterocycles. The summed E-state index contributed by atoms with van der Waals surface area (Å²) in [7, 11) is 0. The fourth-order valence-electron chi connectivity index (χ4n) is 2.13. The largest absolute Gasteiger partial charge is 0.391 e. The van der Waals surface area contributed by atoms with Gasteiger partial charge in [0.15, 0.2) is 0 Å². The van der Waals surface area contributed by atoms with Crippen LogP contribution in [-0.4, -0.2) is 23.8 Å². The van der Waals surface area contributed by atoms with E-state index in [0.717, 1.165) is 6.54 Å². The number of β-amino-alcohol motifs (C(OH)–C–C–N with tert-alkyl or cyclic N) is 1. The van der Waals surface area contributed by atoms with Gasteiger partial charge in [0.05, 0.1) is 6.10 Å². The summed E-state index contributed by atoms with van der Waals surface area (Å²) in [6, 6.07) is 0.653. The van der Waals surface area contributed by atoms with E-state index in [-0.39, 0.29) is 18.5 Å². The molecule has 0 bridgehead atoms. The van der Waals surface area contributed by atoms with E-state index in [4.69, 9.17) is 0 Å². The van der Waals surface area contributed by atoms with Crippen LogP contribution in [0.1, 0.15) is 19.3 Å². The molecule has 0 aromatic heterocycles. The van der Waals surface area contributed by atoms with E-state index < -0.39 is 0 Å². The van der Waals surface area contributed by atoms with E-state index in [0.29, 0.717) is 12.0 Å². The maximum atomic E-state index is 9.34. The molecular weight excluding hydrogens is 150 g/mol. The molecule has 0 aromatic carbocycles. The van der Waals surface area contributed by atoms with Crippen LogP contribution in [0.2, 0.25) is 0 Å². The Balaban J connectivity index is 0.000000500.